The molecule has 0 radical (unpaired) electrons. The molecule has 3 heterocycles. The number of nitrogens with zero attached hydrogens (tertiary/aromatic N) is 4. The van der Waals surface area contributed by atoms with Gasteiger partial charge in [-0.3, -0.25) is 19.5 Å². The Morgan fingerprint density at radius 3 is 2.83 bits per heavy atom. The van der Waals surface area contributed by atoms with Gasteiger partial charge < -0.3 is 0 Å². The molecule has 2 aromatic heterocycles. The highest BCUT2D eigenvalue weighted by Crippen LogP contribution is 2.33. The zero-order valence-electron chi connectivity index (χ0n) is 10.2. The quantitative estimate of drug-likeness (QED) is 0.767. The van der Waals surface area contributed by atoms with E-state index in [4.69, 9.17) is 0 Å². The smallest absolute Gasteiger partial charge is 0.171 e. The van der Waals surface area contributed by atoms with Crippen molar-refractivity contribution in [3.63, 3.8) is 0 Å². The SMILES string of the molecule is CC1=Nc2cncc(-c3cnn(C)c3)c2C(=O)C1. The van der Waals surface area contributed by atoms with Gasteiger partial charge in [-0.05, 0) is 6.92 Å². The van der Waals surface area contributed by atoms with Crippen molar-refractivity contribution in [2.45, 2.75) is 13.3 Å². The van der Waals surface area contributed by atoms with E-state index >= 15 is 0 Å². The Kier molecular flexibility index (Phi) is 2.33. The number of aryl methyl sites for hydroxylation is 1. The molecule has 0 fully saturated rings. The van der Waals surface area contributed by atoms with Gasteiger partial charge in [0.15, 0.2) is 5.78 Å². The molecule has 1 aliphatic rings. The summed E-state index contributed by atoms with van der Waals surface area (Å²) in [5, 5.41) is 4.12. The molecule has 18 heavy (non-hydrogen) atoms. The monoisotopic (exact) mass is 240 g/mol. The molecule has 90 valence electrons. The zero-order valence-corrected chi connectivity index (χ0v) is 10.2. The van der Waals surface area contributed by atoms with Crippen LogP contribution >= 0.6 is 0 Å². The highest BCUT2D eigenvalue weighted by atomic mass is 16.1. The third-order valence-electron chi connectivity index (χ3n) is 2.95. The van der Waals surface area contributed by atoms with Crippen molar-refractivity contribution in [3.8, 4) is 11.1 Å². The number of aromatic nitrogens is 3. The van der Waals surface area contributed by atoms with Gasteiger partial charge in [-0.15, -0.1) is 0 Å². The van der Waals surface area contributed by atoms with Crippen LogP contribution in [0.3, 0.4) is 0 Å². The standard InChI is InChI=1S/C13H12N4O/c1-8-3-12(18)13-10(5-14-6-11(13)16-8)9-4-15-17(2)7-9/h4-7H,3H2,1-2H3. The maximum Gasteiger partial charge on any atom is 0.171 e. The van der Waals surface area contributed by atoms with E-state index in [0.29, 0.717) is 17.7 Å². The van der Waals surface area contributed by atoms with E-state index in [1.54, 1.807) is 23.3 Å². The number of rotatable bonds is 1. The van der Waals surface area contributed by atoms with Gasteiger partial charge in [-0.25, -0.2) is 0 Å². The first-order valence-corrected chi connectivity index (χ1v) is 5.69. The summed E-state index contributed by atoms with van der Waals surface area (Å²) in [5.74, 6) is 0.0961. The van der Waals surface area contributed by atoms with Crippen LogP contribution in [0.1, 0.15) is 23.7 Å². The Balaban J connectivity index is 2.24. The lowest BCUT2D eigenvalue weighted by molar-refractivity contribution is 0.1000. The van der Waals surface area contributed by atoms with Crippen LogP contribution in [0.25, 0.3) is 11.1 Å². The normalized spacial score (nSPS) is 14.3. The maximum atomic E-state index is 12.2. The first kappa shape index (κ1) is 10.8. The molecule has 0 atom stereocenters. The average Bonchev–Trinajstić information content (AvgIpc) is 2.74. The summed E-state index contributed by atoms with van der Waals surface area (Å²) in [5.41, 5.74) is 3.85. The Morgan fingerprint density at radius 1 is 1.28 bits per heavy atom. The Bertz CT molecular complexity index is 669. The summed E-state index contributed by atoms with van der Waals surface area (Å²) >= 11 is 0. The lowest BCUT2D eigenvalue weighted by atomic mass is 9.95. The second-order valence-corrected chi connectivity index (χ2v) is 4.43. The van der Waals surface area contributed by atoms with Gasteiger partial charge >= 0.3 is 0 Å². The zero-order chi connectivity index (χ0) is 12.7. The fourth-order valence-electron chi connectivity index (χ4n) is 2.17. The predicted molar refractivity (Wildman–Crippen MR) is 68.2 cm³/mol. The number of ketones is 1. The average molecular weight is 240 g/mol. The first-order chi connectivity index (χ1) is 8.65. The van der Waals surface area contributed by atoms with Crippen LogP contribution in [-0.2, 0) is 7.05 Å². The molecule has 0 saturated carbocycles. The van der Waals surface area contributed by atoms with Crippen molar-refractivity contribution in [1.82, 2.24) is 14.8 Å². The van der Waals surface area contributed by atoms with E-state index < -0.39 is 0 Å². The second kappa shape index (κ2) is 3.87. The van der Waals surface area contributed by atoms with Gasteiger partial charge in [0.2, 0.25) is 0 Å². The Morgan fingerprint density at radius 2 is 2.11 bits per heavy atom. The number of carbonyl (C=O) groups is 1. The molecule has 0 aliphatic carbocycles. The molecule has 0 saturated heterocycles. The van der Waals surface area contributed by atoms with Crippen LogP contribution in [0.2, 0.25) is 0 Å². The van der Waals surface area contributed by atoms with Gasteiger partial charge in [-0.2, -0.15) is 5.10 Å². The summed E-state index contributed by atoms with van der Waals surface area (Å²) in [6.45, 7) is 1.86. The topological polar surface area (TPSA) is 60.1 Å². The van der Waals surface area contributed by atoms with Crippen molar-refractivity contribution < 1.29 is 4.79 Å². The van der Waals surface area contributed by atoms with Crippen LogP contribution in [0.5, 0.6) is 0 Å². The minimum Gasteiger partial charge on any atom is -0.294 e. The molecule has 2 aromatic rings. The molecule has 0 aromatic carbocycles. The predicted octanol–water partition coefficient (Wildman–Crippen LogP) is 2.16. The Hall–Kier alpha value is -2.30. The summed E-state index contributed by atoms with van der Waals surface area (Å²) < 4.78 is 1.70. The number of carbonyl (C=O) groups excluding carboxylic acids is 1. The summed E-state index contributed by atoms with van der Waals surface area (Å²) in [6.07, 6.45) is 7.31. The van der Waals surface area contributed by atoms with E-state index in [2.05, 4.69) is 15.1 Å². The second-order valence-electron chi connectivity index (χ2n) is 4.43. The molecule has 0 spiro atoms. The molecule has 1 aliphatic heterocycles. The van der Waals surface area contributed by atoms with Crippen molar-refractivity contribution in [2.24, 2.45) is 12.0 Å². The first-order valence-electron chi connectivity index (χ1n) is 5.69. The summed E-state index contributed by atoms with van der Waals surface area (Å²) in [6, 6.07) is 0. The number of hydrogen-bond donors (Lipinski definition) is 0. The van der Waals surface area contributed by atoms with Gasteiger partial charge in [0.05, 0.1) is 23.6 Å². The van der Waals surface area contributed by atoms with Crippen LogP contribution in [0.4, 0.5) is 5.69 Å². The molecule has 5 nitrogen and oxygen atoms in total. The van der Waals surface area contributed by atoms with E-state index in [1.165, 1.54) is 0 Å². The minimum atomic E-state index is 0.0961. The molecule has 3 rings (SSSR count). The van der Waals surface area contributed by atoms with Crippen LogP contribution < -0.4 is 0 Å². The van der Waals surface area contributed by atoms with E-state index in [1.807, 2.05) is 20.2 Å². The lowest BCUT2D eigenvalue weighted by Crippen LogP contribution is -2.12. The van der Waals surface area contributed by atoms with Gasteiger partial charge in [0, 0.05) is 42.7 Å². The minimum absolute atomic E-state index is 0.0961. The van der Waals surface area contributed by atoms with Gasteiger partial charge in [-0.1, -0.05) is 0 Å². The molecular weight excluding hydrogens is 228 g/mol. The molecular formula is C13H12N4O. The highest BCUT2D eigenvalue weighted by Gasteiger charge is 2.22. The van der Waals surface area contributed by atoms with Gasteiger partial charge in [0.1, 0.15) is 0 Å². The molecule has 0 N–H and O–H groups in total. The summed E-state index contributed by atoms with van der Waals surface area (Å²) in [7, 11) is 1.84. The lowest BCUT2D eigenvalue weighted by Gasteiger charge is -2.14. The summed E-state index contributed by atoms with van der Waals surface area (Å²) in [4.78, 5) is 20.7. The molecule has 0 bridgehead atoms. The van der Waals surface area contributed by atoms with E-state index in [-0.39, 0.29) is 5.78 Å². The van der Waals surface area contributed by atoms with E-state index in [9.17, 15) is 4.79 Å². The van der Waals surface area contributed by atoms with Crippen LogP contribution in [0, 0.1) is 0 Å². The van der Waals surface area contributed by atoms with Crippen molar-refractivity contribution in [3.05, 3.63) is 30.4 Å². The number of Topliss-reactive ketones (excluding diaryl/α,β-unsaturated/α-hetero) is 1. The van der Waals surface area contributed by atoms with Gasteiger partial charge in [0.25, 0.3) is 0 Å². The number of fused-ring (bicyclic) bond motifs is 1. The van der Waals surface area contributed by atoms with Crippen LogP contribution in [0.15, 0.2) is 29.8 Å². The molecule has 5 heteroatoms. The fourth-order valence-corrected chi connectivity index (χ4v) is 2.17. The third kappa shape index (κ3) is 1.64. The fraction of sp³-hybridized carbons (Fsp3) is 0.231. The largest absolute Gasteiger partial charge is 0.294 e. The number of hydrogen-bond acceptors (Lipinski definition) is 4. The Labute approximate surface area is 104 Å². The van der Waals surface area contributed by atoms with Crippen molar-refractivity contribution in [2.75, 3.05) is 0 Å². The third-order valence-corrected chi connectivity index (χ3v) is 2.95. The molecule has 0 unspecified atom stereocenters. The molecule has 0 amide bonds. The number of aliphatic imine (C=N–C) groups is 1. The highest BCUT2D eigenvalue weighted by molar-refractivity contribution is 6.17. The maximum absolute atomic E-state index is 12.2. The van der Waals surface area contributed by atoms with Crippen molar-refractivity contribution in [1.29, 1.82) is 0 Å². The van der Waals surface area contributed by atoms with E-state index in [0.717, 1.165) is 16.8 Å². The van der Waals surface area contributed by atoms with Crippen molar-refractivity contribution >= 4 is 17.2 Å². The van der Waals surface area contributed by atoms with Crippen LogP contribution in [-0.4, -0.2) is 26.3 Å². The number of pyridine rings is 1.